The van der Waals surface area contributed by atoms with Gasteiger partial charge in [0.15, 0.2) is 0 Å². The van der Waals surface area contributed by atoms with E-state index in [-0.39, 0.29) is 12.2 Å². The van der Waals surface area contributed by atoms with Crippen LogP contribution in [0.2, 0.25) is 5.02 Å². The number of nitro benzene ring substituents is 1. The van der Waals surface area contributed by atoms with Crippen LogP contribution in [0.1, 0.15) is 0 Å². The third kappa shape index (κ3) is 4.51. The molecular weight excluding hydrogens is 369 g/mol. The minimum atomic E-state index is -0.956. The van der Waals surface area contributed by atoms with Crippen LogP contribution < -0.4 is 20.1 Å². The Hall–Kier alpha value is -3.07. The Bertz CT molecular complexity index is 847. The fourth-order valence-electron chi connectivity index (χ4n) is 2.10. The Morgan fingerprint density at radius 2 is 1.92 bits per heavy atom. The first-order chi connectivity index (χ1) is 12.3. The number of carbonyl (C=O) groups excluding carboxylic acids is 1. The lowest BCUT2D eigenvalue weighted by atomic mass is 10.2. The van der Waals surface area contributed by atoms with Crippen molar-refractivity contribution in [3.05, 3.63) is 51.3 Å². The van der Waals surface area contributed by atoms with Gasteiger partial charge in [-0.2, -0.15) is 4.39 Å². The van der Waals surface area contributed by atoms with Crippen molar-refractivity contribution in [1.82, 2.24) is 0 Å². The molecule has 2 N–H and O–H groups in total. The number of rotatable bonds is 7. The summed E-state index contributed by atoms with van der Waals surface area (Å²) in [5.74, 6) is -0.728. The van der Waals surface area contributed by atoms with E-state index in [0.29, 0.717) is 22.2 Å². The third-order valence-electron chi connectivity index (χ3n) is 3.34. The number of hydrogen-bond donors (Lipinski definition) is 2. The van der Waals surface area contributed by atoms with Gasteiger partial charge in [-0.3, -0.25) is 14.9 Å². The molecule has 0 unspecified atom stereocenters. The average molecular weight is 384 g/mol. The smallest absolute Gasteiger partial charge is 0.306 e. The second-order valence-electron chi connectivity index (χ2n) is 5.01. The van der Waals surface area contributed by atoms with Crippen molar-refractivity contribution in [2.45, 2.75) is 0 Å². The maximum atomic E-state index is 13.3. The van der Waals surface area contributed by atoms with Crippen molar-refractivity contribution in [2.75, 3.05) is 31.4 Å². The van der Waals surface area contributed by atoms with E-state index in [1.165, 1.54) is 32.4 Å². The zero-order chi connectivity index (χ0) is 19.3. The number of benzene rings is 2. The summed E-state index contributed by atoms with van der Waals surface area (Å²) in [5, 5.41) is 16.3. The molecule has 26 heavy (non-hydrogen) atoms. The van der Waals surface area contributed by atoms with E-state index >= 15 is 0 Å². The summed E-state index contributed by atoms with van der Waals surface area (Å²) < 4.78 is 23.6. The SMILES string of the molecule is COc1cc(NC(=O)CNc2ccc(F)c([N+](=O)[O-])c2)c(OC)cc1Cl. The number of halogens is 2. The summed E-state index contributed by atoms with van der Waals surface area (Å²) in [5.41, 5.74) is -0.112. The molecule has 0 aliphatic carbocycles. The number of methoxy groups -OCH3 is 2. The predicted molar refractivity (Wildman–Crippen MR) is 94.7 cm³/mol. The van der Waals surface area contributed by atoms with E-state index in [4.69, 9.17) is 21.1 Å². The van der Waals surface area contributed by atoms with Crippen LogP contribution >= 0.6 is 11.6 Å². The van der Waals surface area contributed by atoms with Crippen LogP contribution in [0.15, 0.2) is 30.3 Å². The van der Waals surface area contributed by atoms with Crippen LogP contribution in [-0.4, -0.2) is 31.6 Å². The van der Waals surface area contributed by atoms with Crippen LogP contribution in [0.25, 0.3) is 0 Å². The molecule has 2 aromatic carbocycles. The normalized spacial score (nSPS) is 10.2. The molecule has 0 aliphatic heterocycles. The molecule has 0 saturated carbocycles. The van der Waals surface area contributed by atoms with Gasteiger partial charge in [0.05, 0.1) is 36.4 Å². The highest BCUT2D eigenvalue weighted by Crippen LogP contribution is 2.35. The molecule has 0 bridgehead atoms. The largest absolute Gasteiger partial charge is 0.495 e. The Morgan fingerprint density at radius 1 is 1.23 bits per heavy atom. The lowest BCUT2D eigenvalue weighted by molar-refractivity contribution is -0.387. The number of nitro groups is 1. The van der Waals surface area contributed by atoms with Crippen molar-refractivity contribution in [2.24, 2.45) is 0 Å². The number of nitrogens with one attached hydrogen (secondary N) is 2. The van der Waals surface area contributed by atoms with Gasteiger partial charge in [-0.15, -0.1) is 0 Å². The molecule has 2 rings (SSSR count). The maximum absolute atomic E-state index is 13.3. The molecule has 0 radical (unpaired) electrons. The highest BCUT2D eigenvalue weighted by molar-refractivity contribution is 6.32. The van der Waals surface area contributed by atoms with E-state index in [1.807, 2.05) is 0 Å². The van der Waals surface area contributed by atoms with Gasteiger partial charge in [-0.25, -0.2) is 0 Å². The van der Waals surface area contributed by atoms with E-state index in [9.17, 15) is 19.3 Å². The van der Waals surface area contributed by atoms with Gasteiger partial charge < -0.3 is 20.1 Å². The fraction of sp³-hybridized carbons (Fsp3) is 0.188. The zero-order valence-corrected chi connectivity index (χ0v) is 14.6. The summed E-state index contributed by atoms with van der Waals surface area (Å²) in [4.78, 5) is 22.0. The molecular formula is C16H15ClFN3O5. The number of amides is 1. The summed E-state index contributed by atoms with van der Waals surface area (Å²) in [6.07, 6.45) is 0. The fourth-order valence-corrected chi connectivity index (χ4v) is 2.33. The highest BCUT2D eigenvalue weighted by Gasteiger charge is 2.15. The van der Waals surface area contributed by atoms with Gasteiger partial charge in [0.1, 0.15) is 11.5 Å². The third-order valence-corrected chi connectivity index (χ3v) is 3.64. The van der Waals surface area contributed by atoms with Crippen LogP contribution in [0.3, 0.4) is 0 Å². The molecule has 0 saturated heterocycles. The van der Waals surface area contributed by atoms with Gasteiger partial charge in [0, 0.05) is 23.9 Å². The number of nitrogens with zero attached hydrogens (tertiary/aromatic N) is 1. The van der Waals surface area contributed by atoms with Gasteiger partial charge in [0.2, 0.25) is 11.7 Å². The van der Waals surface area contributed by atoms with Crippen molar-refractivity contribution in [1.29, 1.82) is 0 Å². The molecule has 1 amide bonds. The Labute approximate surface area is 153 Å². The predicted octanol–water partition coefficient (Wildman–Crippen LogP) is 3.46. The van der Waals surface area contributed by atoms with E-state index in [2.05, 4.69) is 10.6 Å². The van der Waals surface area contributed by atoms with E-state index < -0.39 is 22.3 Å². The maximum Gasteiger partial charge on any atom is 0.306 e. The summed E-state index contributed by atoms with van der Waals surface area (Å²) in [6, 6.07) is 6.25. The highest BCUT2D eigenvalue weighted by atomic mass is 35.5. The standard InChI is InChI=1S/C16H15ClFN3O5/c1-25-14-7-12(15(26-2)6-10(14)17)20-16(22)8-19-9-3-4-11(18)13(5-9)21(23)24/h3-7,19H,8H2,1-2H3,(H,20,22). The Morgan fingerprint density at radius 3 is 2.54 bits per heavy atom. The summed E-state index contributed by atoms with van der Waals surface area (Å²) in [7, 11) is 2.85. The molecule has 0 spiro atoms. The van der Waals surface area contributed by atoms with Crippen molar-refractivity contribution < 1.29 is 23.6 Å². The van der Waals surface area contributed by atoms with Crippen LogP contribution in [0.5, 0.6) is 11.5 Å². The molecule has 0 heterocycles. The lowest BCUT2D eigenvalue weighted by Gasteiger charge is -2.13. The molecule has 0 atom stereocenters. The van der Waals surface area contributed by atoms with Gasteiger partial charge in [0.25, 0.3) is 0 Å². The quantitative estimate of drug-likeness (QED) is 0.560. The van der Waals surface area contributed by atoms with Gasteiger partial charge >= 0.3 is 5.69 Å². The van der Waals surface area contributed by atoms with Gasteiger partial charge in [-0.05, 0) is 12.1 Å². The molecule has 138 valence electrons. The summed E-state index contributed by atoms with van der Waals surface area (Å²) in [6.45, 7) is -0.211. The van der Waals surface area contributed by atoms with Crippen molar-refractivity contribution >= 4 is 34.6 Å². The molecule has 8 nitrogen and oxygen atoms in total. The van der Waals surface area contributed by atoms with E-state index in [1.54, 1.807) is 0 Å². The monoisotopic (exact) mass is 383 g/mol. The summed E-state index contributed by atoms with van der Waals surface area (Å²) >= 11 is 6.00. The Kier molecular flexibility index (Phi) is 6.18. The first kappa shape index (κ1) is 19.3. The van der Waals surface area contributed by atoms with Gasteiger partial charge in [-0.1, -0.05) is 11.6 Å². The lowest BCUT2D eigenvalue weighted by Crippen LogP contribution is -2.22. The number of anilines is 2. The minimum Gasteiger partial charge on any atom is -0.495 e. The number of hydrogen-bond acceptors (Lipinski definition) is 6. The van der Waals surface area contributed by atoms with Crippen molar-refractivity contribution in [3.63, 3.8) is 0 Å². The first-order valence-corrected chi connectivity index (χ1v) is 7.62. The zero-order valence-electron chi connectivity index (χ0n) is 13.8. The molecule has 10 heteroatoms. The second kappa shape index (κ2) is 8.34. The number of carbonyl (C=O) groups is 1. The first-order valence-electron chi connectivity index (χ1n) is 7.25. The molecule has 0 aromatic heterocycles. The van der Waals surface area contributed by atoms with Crippen LogP contribution in [0, 0.1) is 15.9 Å². The van der Waals surface area contributed by atoms with Crippen LogP contribution in [-0.2, 0) is 4.79 Å². The molecule has 0 fully saturated rings. The van der Waals surface area contributed by atoms with Crippen LogP contribution in [0.4, 0.5) is 21.5 Å². The topological polar surface area (TPSA) is 103 Å². The number of ether oxygens (including phenoxy) is 2. The molecule has 2 aromatic rings. The van der Waals surface area contributed by atoms with E-state index in [0.717, 1.165) is 12.1 Å². The van der Waals surface area contributed by atoms with Crippen molar-refractivity contribution in [3.8, 4) is 11.5 Å². The average Bonchev–Trinajstić information content (AvgIpc) is 2.61. The second-order valence-corrected chi connectivity index (χ2v) is 5.42. The Balaban J connectivity index is 2.08. The molecule has 0 aliphatic rings. The minimum absolute atomic E-state index is 0.211.